The van der Waals surface area contributed by atoms with Gasteiger partial charge in [-0.2, -0.15) is 4.98 Å². The number of hydrogen-bond acceptors (Lipinski definition) is 6. The van der Waals surface area contributed by atoms with Gasteiger partial charge in [-0.15, -0.1) is 0 Å². The Hall–Kier alpha value is -2.74. The summed E-state index contributed by atoms with van der Waals surface area (Å²) in [5.74, 6) is 0.569. The second-order valence-corrected chi connectivity index (χ2v) is 7.26. The number of ether oxygens (including phenoxy) is 1. The molecule has 1 aromatic heterocycles. The number of nitrogens with one attached hydrogen (secondary N) is 2. The van der Waals surface area contributed by atoms with Crippen molar-refractivity contribution < 1.29 is 13.9 Å². The molecule has 1 aliphatic heterocycles. The summed E-state index contributed by atoms with van der Waals surface area (Å²) in [6.07, 6.45) is 4.22. The molecule has 8 heteroatoms. The number of aromatic nitrogens is 2. The maximum atomic E-state index is 13.9. The molecule has 156 valence electrons. The van der Waals surface area contributed by atoms with E-state index in [0.29, 0.717) is 37.1 Å². The summed E-state index contributed by atoms with van der Waals surface area (Å²) < 4.78 is 19.4. The molecule has 29 heavy (non-hydrogen) atoms. The van der Waals surface area contributed by atoms with E-state index >= 15 is 0 Å². The molecule has 0 spiro atoms. The van der Waals surface area contributed by atoms with Crippen LogP contribution in [0.2, 0.25) is 0 Å². The molecule has 3 rings (SSSR count). The second kappa shape index (κ2) is 10.2. The Morgan fingerprint density at radius 1 is 1.34 bits per heavy atom. The van der Waals surface area contributed by atoms with Gasteiger partial charge >= 0.3 is 0 Å². The number of halogens is 1. The standard InChI is InChI=1S/C21H28FN5O2/c1-15(2)29-14-6-11-23-20(28)18-9-5-13-27(18)21-24-12-10-19(26-21)25-17-8-4-3-7-16(17)22/h3-4,7-8,10,12,15,18H,5-6,9,11,13-14H2,1-2H3,(H,23,28)(H,24,25,26). The van der Waals surface area contributed by atoms with Crippen molar-refractivity contribution >= 4 is 23.4 Å². The largest absolute Gasteiger partial charge is 0.379 e. The maximum Gasteiger partial charge on any atom is 0.242 e. The highest BCUT2D eigenvalue weighted by atomic mass is 19.1. The average Bonchev–Trinajstić information content (AvgIpc) is 3.19. The number of carbonyl (C=O) groups excluding carboxylic acids is 1. The molecule has 1 aromatic carbocycles. The molecule has 1 unspecified atom stereocenters. The molecule has 1 aliphatic rings. The molecule has 0 bridgehead atoms. The number of nitrogens with zero attached hydrogens (tertiary/aromatic N) is 3. The van der Waals surface area contributed by atoms with Gasteiger partial charge in [0.25, 0.3) is 0 Å². The minimum absolute atomic E-state index is 0.0249. The van der Waals surface area contributed by atoms with Gasteiger partial charge in [-0.25, -0.2) is 9.37 Å². The molecule has 1 amide bonds. The molecule has 1 atom stereocenters. The van der Waals surface area contributed by atoms with Gasteiger partial charge in [0.1, 0.15) is 17.7 Å². The number of hydrogen-bond donors (Lipinski definition) is 2. The summed E-state index contributed by atoms with van der Waals surface area (Å²) in [4.78, 5) is 23.4. The van der Waals surface area contributed by atoms with E-state index in [0.717, 1.165) is 19.3 Å². The fourth-order valence-corrected chi connectivity index (χ4v) is 3.26. The zero-order valence-electron chi connectivity index (χ0n) is 16.9. The van der Waals surface area contributed by atoms with Gasteiger partial charge in [0.05, 0.1) is 11.8 Å². The zero-order valence-corrected chi connectivity index (χ0v) is 16.9. The van der Waals surface area contributed by atoms with Crippen LogP contribution in [-0.2, 0) is 9.53 Å². The molecule has 0 radical (unpaired) electrons. The van der Waals surface area contributed by atoms with E-state index in [1.165, 1.54) is 6.07 Å². The van der Waals surface area contributed by atoms with Crippen molar-refractivity contribution in [2.24, 2.45) is 0 Å². The topological polar surface area (TPSA) is 79.4 Å². The van der Waals surface area contributed by atoms with Crippen molar-refractivity contribution in [3.05, 3.63) is 42.3 Å². The molecule has 2 N–H and O–H groups in total. The Labute approximate surface area is 170 Å². The molecule has 2 heterocycles. The van der Waals surface area contributed by atoms with E-state index in [1.807, 2.05) is 18.7 Å². The zero-order chi connectivity index (χ0) is 20.6. The third kappa shape index (κ3) is 5.87. The van der Waals surface area contributed by atoms with Gasteiger partial charge in [-0.1, -0.05) is 12.1 Å². The summed E-state index contributed by atoms with van der Waals surface area (Å²) in [5, 5.41) is 5.95. The fraction of sp³-hybridized carbons (Fsp3) is 0.476. The number of carbonyl (C=O) groups is 1. The minimum atomic E-state index is -0.354. The third-order valence-corrected chi connectivity index (χ3v) is 4.66. The molecule has 2 aromatic rings. The van der Waals surface area contributed by atoms with E-state index < -0.39 is 0 Å². The average molecular weight is 401 g/mol. The highest BCUT2D eigenvalue weighted by Crippen LogP contribution is 2.25. The first-order valence-corrected chi connectivity index (χ1v) is 10.0. The summed E-state index contributed by atoms with van der Waals surface area (Å²) in [6.45, 7) is 5.89. The van der Waals surface area contributed by atoms with Gasteiger partial charge < -0.3 is 20.3 Å². The lowest BCUT2D eigenvalue weighted by Crippen LogP contribution is -2.44. The van der Waals surface area contributed by atoms with Gasteiger partial charge in [-0.05, 0) is 51.3 Å². The number of para-hydroxylation sites is 1. The number of rotatable bonds is 9. The van der Waals surface area contributed by atoms with Crippen LogP contribution in [0, 0.1) is 5.82 Å². The van der Waals surface area contributed by atoms with E-state index in [9.17, 15) is 9.18 Å². The van der Waals surface area contributed by atoms with Crippen LogP contribution in [0.15, 0.2) is 36.5 Å². The first kappa shape index (κ1) is 21.0. The van der Waals surface area contributed by atoms with Crippen LogP contribution in [0.5, 0.6) is 0 Å². The Morgan fingerprint density at radius 2 is 2.17 bits per heavy atom. The second-order valence-electron chi connectivity index (χ2n) is 7.26. The van der Waals surface area contributed by atoms with Gasteiger partial charge in [0.15, 0.2) is 0 Å². The lowest BCUT2D eigenvalue weighted by molar-refractivity contribution is -0.122. The Balaban J connectivity index is 1.60. The quantitative estimate of drug-likeness (QED) is 0.628. The smallest absolute Gasteiger partial charge is 0.242 e. The van der Waals surface area contributed by atoms with Crippen LogP contribution in [0.3, 0.4) is 0 Å². The van der Waals surface area contributed by atoms with E-state index in [-0.39, 0.29) is 23.9 Å². The summed E-state index contributed by atoms with van der Waals surface area (Å²) in [7, 11) is 0. The predicted molar refractivity (Wildman–Crippen MR) is 111 cm³/mol. The first-order valence-electron chi connectivity index (χ1n) is 10.0. The Morgan fingerprint density at radius 3 is 2.97 bits per heavy atom. The lowest BCUT2D eigenvalue weighted by atomic mass is 10.2. The summed E-state index contributed by atoms with van der Waals surface area (Å²) in [5.41, 5.74) is 0.344. The predicted octanol–water partition coefficient (Wildman–Crippen LogP) is 3.26. The molecule has 0 saturated carbocycles. The molecule has 1 fully saturated rings. The molecular formula is C21H28FN5O2. The van der Waals surface area contributed by atoms with Gasteiger partial charge in [0.2, 0.25) is 11.9 Å². The lowest BCUT2D eigenvalue weighted by Gasteiger charge is -2.24. The molecule has 0 aliphatic carbocycles. The van der Waals surface area contributed by atoms with Gasteiger partial charge in [0, 0.05) is 25.9 Å². The highest BCUT2D eigenvalue weighted by Gasteiger charge is 2.32. The monoisotopic (exact) mass is 401 g/mol. The number of amides is 1. The summed E-state index contributed by atoms with van der Waals surface area (Å²) >= 11 is 0. The van der Waals surface area contributed by atoms with E-state index in [1.54, 1.807) is 30.5 Å². The SMILES string of the molecule is CC(C)OCCCNC(=O)C1CCCN1c1nccc(Nc2ccccc2F)n1. The first-order chi connectivity index (χ1) is 14.0. The van der Waals surface area contributed by atoms with Crippen molar-refractivity contribution in [2.45, 2.75) is 45.3 Å². The van der Waals surface area contributed by atoms with Crippen molar-refractivity contribution in [1.82, 2.24) is 15.3 Å². The Kier molecular flexibility index (Phi) is 7.35. The van der Waals surface area contributed by atoms with Gasteiger partial charge in [-0.3, -0.25) is 4.79 Å². The summed E-state index contributed by atoms with van der Waals surface area (Å²) in [6, 6.07) is 7.79. The normalized spacial score (nSPS) is 16.3. The van der Waals surface area contributed by atoms with Crippen molar-refractivity contribution in [3.63, 3.8) is 0 Å². The van der Waals surface area contributed by atoms with Crippen LogP contribution in [0.1, 0.15) is 33.1 Å². The number of anilines is 3. The third-order valence-electron chi connectivity index (χ3n) is 4.66. The van der Waals surface area contributed by atoms with E-state index in [4.69, 9.17) is 4.74 Å². The van der Waals surface area contributed by atoms with Crippen LogP contribution < -0.4 is 15.5 Å². The molecular weight excluding hydrogens is 373 g/mol. The highest BCUT2D eigenvalue weighted by molar-refractivity contribution is 5.85. The Bertz CT molecular complexity index is 817. The fourth-order valence-electron chi connectivity index (χ4n) is 3.26. The van der Waals surface area contributed by atoms with Crippen LogP contribution >= 0.6 is 0 Å². The molecule has 7 nitrogen and oxygen atoms in total. The maximum absolute atomic E-state index is 13.9. The number of benzene rings is 1. The van der Waals surface area contributed by atoms with Crippen molar-refractivity contribution in [3.8, 4) is 0 Å². The minimum Gasteiger partial charge on any atom is -0.379 e. The molecule has 1 saturated heterocycles. The van der Waals surface area contributed by atoms with Crippen LogP contribution in [0.4, 0.5) is 21.8 Å². The van der Waals surface area contributed by atoms with Crippen molar-refractivity contribution in [2.75, 3.05) is 29.9 Å². The van der Waals surface area contributed by atoms with Crippen LogP contribution in [-0.4, -0.2) is 47.7 Å². The van der Waals surface area contributed by atoms with Crippen molar-refractivity contribution in [1.29, 1.82) is 0 Å². The van der Waals surface area contributed by atoms with Crippen LogP contribution in [0.25, 0.3) is 0 Å². The van der Waals surface area contributed by atoms with E-state index in [2.05, 4.69) is 20.6 Å².